The van der Waals surface area contributed by atoms with E-state index >= 15 is 0 Å². The second kappa shape index (κ2) is 6.40. The first kappa shape index (κ1) is 19.9. The molecule has 0 unspecified atom stereocenters. The van der Waals surface area contributed by atoms with E-state index in [0.717, 1.165) is 29.2 Å². The summed E-state index contributed by atoms with van der Waals surface area (Å²) in [6, 6.07) is 6.65. The molecular formula is C24H14F4N2O3. The molecule has 2 bridgehead atoms. The summed E-state index contributed by atoms with van der Waals surface area (Å²) in [5.74, 6) is -10.1. The summed E-state index contributed by atoms with van der Waals surface area (Å²) in [7, 11) is 1.47. The van der Waals surface area contributed by atoms with Crippen molar-refractivity contribution in [3.05, 3.63) is 98.5 Å². The molecule has 7 rings (SSSR count). The third kappa shape index (κ3) is 2.39. The second-order valence-electron chi connectivity index (χ2n) is 8.62. The fraction of sp³-hybridized carbons (Fsp3) is 0.208. The van der Waals surface area contributed by atoms with Crippen LogP contribution in [0, 0.1) is 35.1 Å². The van der Waals surface area contributed by atoms with Crippen molar-refractivity contribution in [2.45, 2.75) is 11.8 Å². The molecule has 3 aliphatic carbocycles. The minimum atomic E-state index is -1.15. The molecular weight excluding hydrogens is 440 g/mol. The zero-order valence-corrected chi connectivity index (χ0v) is 17.0. The van der Waals surface area contributed by atoms with Crippen LogP contribution in [0.4, 0.5) is 23.2 Å². The Morgan fingerprint density at radius 2 is 1.09 bits per heavy atom. The lowest BCUT2D eigenvalue weighted by atomic mass is 9.55. The highest BCUT2D eigenvalue weighted by molar-refractivity contribution is 6.23. The molecule has 5 nitrogen and oxygen atoms in total. The number of carbonyl (C=O) groups excluding carboxylic acids is 2. The van der Waals surface area contributed by atoms with E-state index in [4.69, 9.17) is 0 Å². The highest BCUT2D eigenvalue weighted by atomic mass is 19.2. The Hall–Kier alpha value is -3.75. The smallest absolute Gasteiger partial charge is 0.274 e. The predicted molar refractivity (Wildman–Crippen MR) is 108 cm³/mol. The number of imide groups is 1. The van der Waals surface area contributed by atoms with Crippen LogP contribution in [-0.2, 0) is 16.6 Å². The predicted octanol–water partition coefficient (Wildman–Crippen LogP) is 3.34. The number of hydrogen-bond donors (Lipinski definition) is 0. The van der Waals surface area contributed by atoms with Gasteiger partial charge in [0.15, 0.2) is 23.3 Å². The summed E-state index contributed by atoms with van der Waals surface area (Å²) >= 11 is 0. The largest absolute Gasteiger partial charge is 0.317 e. The molecule has 2 amide bonds. The number of anilines is 1. The average molecular weight is 454 g/mol. The number of halogens is 4. The van der Waals surface area contributed by atoms with Gasteiger partial charge in [0, 0.05) is 25.1 Å². The Morgan fingerprint density at radius 3 is 1.48 bits per heavy atom. The van der Waals surface area contributed by atoms with Crippen molar-refractivity contribution < 1.29 is 27.2 Å². The van der Waals surface area contributed by atoms with E-state index in [-0.39, 0.29) is 27.9 Å². The first-order valence-corrected chi connectivity index (χ1v) is 10.2. The number of hydrogen-bond acceptors (Lipinski definition) is 3. The van der Waals surface area contributed by atoms with Crippen molar-refractivity contribution in [3.8, 4) is 0 Å². The monoisotopic (exact) mass is 454 g/mol. The molecule has 1 fully saturated rings. The Balaban J connectivity index is 1.62. The Labute approximate surface area is 183 Å². The van der Waals surface area contributed by atoms with Crippen LogP contribution in [-0.4, -0.2) is 16.4 Å². The maximum Gasteiger partial charge on any atom is 0.274 e. The Kier molecular flexibility index (Phi) is 3.86. The van der Waals surface area contributed by atoms with Gasteiger partial charge in [-0.2, -0.15) is 0 Å². The van der Waals surface area contributed by atoms with Crippen LogP contribution in [0.5, 0.6) is 0 Å². The van der Waals surface area contributed by atoms with Gasteiger partial charge in [-0.05, 0) is 58.7 Å². The lowest BCUT2D eigenvalue weighted by molar-refractivity contribution is -0.122. The minimum Gasteiger partial charge on any atom is -0.317 e. The number of aryl methyl sites for hydroxylation is 1. The van der Waals surface area contributed by atoms with E-state index in [1.54, 1.807) is 0 Å². The van der Waals surface area contributed by atoms with Crippen LogP contribution < -0.4 is 10.5 Å². The van der Waals surface area contributed by atoms with Crippen molar-refractivity contribution in [2.75, 3.05) is 4.90 Å². The van der Waals surface area contributed by atoms with Crippen molar-refractivity contribution in [1.29, 1.82) is 0 Å². The molecule has 1 aromatic heterocycles. The number of pyridine rings is 1. The van der Waals surface area contributed by atoms with Gasteiger partial charge in [-0.25, -0.2) is 22.5 Å². The molecule has 9 heteroatoms. The first-order chi connectivity index (χ1) is 15.7. The second-order valence-corrected chi connectivity index (χ2v) is 8.62. The minimum absolute atomic E-state index is 0.147. The summed E-state index contributed by atoms with van der Waals surface area (Å²) in [4.78, 5) is 40.6. The van der Waals surface area contributed by atoms with Crippen molar-refractivity contribution in [1.82, 2.24) is 4.57 Å². The quantitative estimate of drug-likeness (QED) is 0.419. The number of rotatable bonds is 1. The zero-order valence-electron chi connectivity index (χ0n) is 17.0. The standard InChI is InChI=1S/C24H14F4N2O3/c1-29-4-2-3-17(22(29)31)30-23(32)20-18-9-5-13(25)14(26)6-10(9)19(21(20)24(30)33)12-8-16(28)15(27)7-11(12)18/h2-8,18-21H,1H3/t18?,19?,20-,21+. The zero-order chi connectivity index (χ0) is 23.3. The molecule has 4 aliphatic rings. The maximum atomic E-state index is 14.2. The van der Waals surface area contributed by atoms with Gasteiger partial charge in [-0.15, -0.1) is 0 Å². The highest BCUT2D eigenvalue weighted by Gasteiger charge is 2.62. The van der Waals surface area contributed by atoms with E-state index in [2.05, 4.69) is 0 Å². The van der Waals surface area contributed by atoms with E-state index in [0.29, 0.717) is 0 Å². The SMILES string of the molecule is Cn1cccc(N2C(=O)[C@@H]3C4c5cc(F)c(F)cc5C(c5cc(F)c(F)cc54)[C@@H]3C2=O)c1=O. The number of benzene rings is 2. The van der Waals surface area contributed by atoms with E-state index in [9.17, 15) is 31.9 Å². The summed E-state index contributed by atoms with van der Waals surface area (Å²) in [6.07, 6.45) is 1.47. The maximum absolute atomic E-state index is 14.2. The van der Waals surface area contributed by atoms with Crippen molar-refractivity contribution >= 4 is 17.5 Å². The summed E-state index contributed by atoms with van der Waals surface area (Å²) < 4.78 is 58.0. The molecule has 2 heterocycles. The van der Waals surface area contributed by atoms with Crippen molar-refractivity contribution in [3.63, 3.8) is 0 Å². The summed E-state index contributed by atoms with van der Waals surface area (Å²) in [5.41, 5.74) is 0.288. The van der Waals surface area contributed by atoms with Gasteiger partial charge in [0.25, 0.3) is 5.56 Å². The molecule has 33 heavy (non-hydrogen) atoms. The molecule has 2 atom stereocenters. The van der Waals surface area contributed by atoms with Gasteiger partial charge in [-0.1, -0.05) is 0 Å². The Morgan fingerprint density at radius 1 is 0.697 bits per heavy atom. The number of nitrogens with zero attached hydrogens (tertiary/aromatic N) is 2. The van der Waals surface area contributed by atoms with Crippen LogP contribution in [0.15, 0.2) is 47.4 Å². The normalized spacial score (nSPS) is 24.7. The average Bonchev–Trinajstić information content (AvgIpc) is 3.03. The van der Waals surface area contributed by atoms with Gasteiger partial charge in [0.2, 0.25) is 11.8 Å². The van der Waals surface area contributed by atoms with Crippen LogP contribution in [0.25, 0.3) is 0 Å². The molecule has 0 saturated carbocycles. The summed E-state index contributed by atoms with van der Waals surface area (Å²) in [6.45, 7) is 0. The molecule has 1 saturated heterocycles. The molecule has 1 aliphatic heterocycles. The fourth-order valence-electron chi connectivity index (χ4n) is 5.75. The number of aromatic nitrogens is 1. The third-order valence-corrected chi connectivity index (χ3v) is 7.05. The molecule has 3 aromatic rings. The molecule has 0 spiro atoms. The van der Waals surface area contributed by atoms with Crippen LogP contribution in [0.1, 0.15) is 34.1 Å². The Bertz CT molecular complexity index is 1340. The van der Waals surface area contributed by atoms with Crippen LogP contribution in [0.3, 0.4) is 0 Å². The molecule has 166 valence electrons. The number of carbonyl (C=O) groups is 2. The highest BCUT2D eigenvalue weighted by Crippen LogP contribution is 2.61. The first-order valence-electron chi connectivity index (χ1n) is 10.2. The van der Waals surface area contributed by atoms with Crippen LogP contribution in [0.2, 0.25) is 0 Å². The van der Waals surface area contributed by atoms with E-state index < -0.39 is 64.3 Å². The lowest BCUT2D eigenvalue weighted by Gasteiger charge is -2.46. The van der Waals surface area contributed by atoms with E-state index in [1.165, 1.54) is 29.9 Å². The topological polar surface area (TPSA) is 59.4 Å². The van der Waals surface area contributed by atoms with Crippen LogP contribution >= 0.6 is 0 Å². The van der Waals surface area contributed by atoms with Gasteiger partial charge < -0.3 is 4.57 Å². The number of amides is 2. The van der Waals surface area contributed by atoms with Gasteiger partial charge in [0.1, 0.15) is 5.69 Å². The summed E-state index contributed by atoms with van der Waals surface area (Å²) in [5, 5.41) is 0. The molecule has 0 N–H and O–H groups in total. The van der Waals surface area contributed by atoms with Gasteiger partial charge >= 0.3 is 0 Å². The fourth-order valence-corrected chi connectivity index (χ4v) is 5.75. The van der Waals surface area contributed by atoms with Gasteiger partial charge in [0.05, 0.1) is 11.8 Å². The van der Waals surface area contributed by atoms with E-state index in [1.807, 2.05) is 0 Å². The third-order valence-electron chi connectivity index (χ3n) is 7.05. The molecule has 2 aromatic carbocycles. The lowest BCUT2D eigenvalue weighted by Crippen LogP contribution is -2.42. The van der Waals surface area contributed by atoms with Gasteiger partial charge in [-0.3, -0.25) is 14.4 Å². The van der Waals surface area contributed by atoms with Crippen molar-refractivity contribution in [2.24, 2.45) is 18.9 Å². The molecule has 0 radical (unpaired) electrons.